The number of rotatable bonds is 5. The van der Waals surface area contributed by atoms with Crippen LogP contribution in [0.5, 0.6) is 0 Å². The fourth-order valence-corrected chi connectivity index (χ4v) is 3.14. The first-order chi connectivity index (χ1) is 9.17. The Morgan fingerprint density at radius 1 is 1.68 bits per heavy atom. The number of carbonyl (C=O) groups is 1. The van der Waals surface area contributed by atoms with Crippen molar-refractivity contribution < 1.29 is 9.53 Å². The number of amides is 1. The molecule has 1 amide bonds. The van der Waals surface area contributed by atoms with Crippen molar-refractivity contribution in [3.8, 4) is 0 Å². The number of ether oxygens (including phenoxy) is 1. The summed E-state index contributed by atoms with van der Waals surface area (Å²) in [5, 5.41) is 5.48. The summed E-state index contributed by atoms with van der Waals surface area (Å²) >= 11 is 1.47. The second-order valence-electron chi connectivity index (χ2n) is 5.04. The molecule has 2 heterocycles. The third-order valence-electron chi connectivity index (χ3n) is 3.24. The van der Waals surface area contributed by atoms with Gasteiger partial charge in [-0.15, -0.1) is 11.3 Å². The van der Waals surface area contributed by atoms with Gasteiger partial charge in [-0.2, -0.15) is 0 Å². The van der Waals surface area contributed by atoms with Crippen molar-refractivity contribution in [2.75, 3.05) is 38.7 Å². The van der Waals surface area contributed by atoms with Crippen molar-refractivity contribution in [2.45, 2.75) is 19.8 Å². The third-order valence-corrected chi connectivity index (χ3v) is 4.11. The van der Waals surface area contributed by atoms with Crippen LogP contribution in [0.25, 0.3) is 0 Å². The van der Waals surface area contributed by atoms with Crippen LogP contribution in [-0.2, 0) is 9.53 Å². The first-order valence-electron chi connectivity index (χ1n) is 6.60. The maximum Gasteiger partial charge on any atom is 0.240 e. The van der Waals surface area contributed by atoms with E-state index >= 15 is 0 Å². The van der Waals surface area contributed by atoms with Gasteiger partial charge in [0.05, 0.1) is 18.8 Å². The number of thiazole rings is 1. The second-order valence-corrected chi connectivity index (χ2v) is 5.90. The summed E-state index contributed by atoms with van der Waals surface area (Å²) in [6.07, 6.45) is 2.33. The van der Waals surface area contributed by atoms with Gasteiger partial charge in [-0.3, -0.25) is 9.69 Å². The minimum atomic E-state index is 0.0208. The van der Waals surface area contributed by atoms with Gasteiger partial charge < -0.3 is 10.1 Å². The molecule has 1 fully saturated rings. The molecule has 1 N–H and O–H groups in total. The average molecular weight is 283 g/mol. The fourth-order valence-electron chi connectivity index (χ4n) is 2.44. The number of nitrogens with one attached hydrogen (secondary N) is 1. The number of anilines is 1. The van der Waals surface area contributed by atoms with Crippen molar-refractivity contribution >= 4 is 22.4 Å². The summed E-state index contributed by atoms with van der Waals surface area (Å²) in [4.78, 5) is 18.4. The van der Waals surface area contributed by atoms with E-state index in [4.69, 9.17) is 4.74 Å². The largest absolute Gasteiger partial charge is 0.384 e. The molecule has 1 aliphatic rings. The SMILES string of the molecule is COC[C@@H]1CCCN(CC(=O)Nc2nc(C)cs2)C1. The number of piperidine rings is 1. The molecule has 0 bridgehead atoms. The molecular weight excluding hydrogens is 262 g/mol. The molecule has 106 valence electrons. The normalized spacial score (nSPS) is 20.4. The maximum absolute atomic E-state index is 11.9. The van der Waals surface area contributed by atoms with E-state index in [-0.39, 0.29) is 5.91 Å². The van der Waals surface area contributed by atoms with Crippen molar-refractivity contribution in [1.29, 1.82) is 0 Å². The number of aromatic nitrogens is 1. The molecule has 0 spiro atoms. The molecule has 0 radical (unpaired) electrons. The van der Waals surface area contributed by atoms with Gasteiger partial charge in [0.2, 0.25) is 5.91 Å². The number of methoxy groups -OCH3 is 1. The summed E-state index contributed by atoms with van der Waals surface area (Å²) in [6.45, 7) is 5.08. The molecule has 1 atom stereocenters. The lowest BCUT2D eigenvalue weighted by atomic mass is 9.99. The number of carbonyl (C=O) groups excluding carboxylic acids is 1. The third kappa shape index (κ3) is 4.56. The Morgan fingerprint density at radius 3 is 3.21 bits per heavy atom. The summed E-state index contributed by atoms with van der Waals surface area (Å²) in [5.41, 5.74) is 0.943. The summed E-state index contributed by atoms with van der Waals surface area (Å²) < 4.78 is 5.20. The maximum atomic E-state index is 11.9. The van der Waals surface area contributed by atoms with E-state index in [0.717, 1.165) is 31.8 Å². The molecular formula is C13H21N3O2S. The van der Waals surface area contributed by atoms with Gasteiger partial charge in [-0.1, -0.05) is 0 Å². The van der Waals surface area contributed by atoms with Gasteiger partial charge in [-0.25, -0.2) is 4.98 Å². The summed E-state index contributed by atoms with van der Waals surface area (Å²) in [7, 11) is 1.73. The Labute approximate surface area is 118 Å². The van der Waals surface area contributed by atoms with Crippen LogP contribution < -0.4 is 5.32 Å². The Hall–Kier alpha value is -0.980. The molecule has 1 aromatic heterocycles. The molecule has 0 aliphatic carbocycles. The number of aryl methyl sites for hydroxylation is 1. The first kappa shape index (κ1) is 14.4. The summed E-state index contributed by atoms with van der Waals surface area (Å²) in [5.74, 6) is 0.570. The zero-order valence-electron chi connectivity index (χ0n) is 11.5. The van der Waals surface area contributed by atoms with Crippen molar-refractivity contribution in [3.63, 3.8) is 0 Å². The Bertz CT molecular complexity index is 420. The monoisotopic (exact) mass is 283 g/mol. The molecule has 0 saturated carbocycles. The molecule has 5 nitrogen and oxygen atoms in total. The van der Waals surface area contributed by atoms with Crippen LogP contribution in [0.3, 0.4) is 0 Å². The van der Waals surface area contributed by atoms with Crippen LogP contribution in [0.2, 0.25) is 0 Å². The molecule has 6 heteroatoms. The highest BCUT2D eigenvalue weighted by Crippen LogP contribution is 2.17. The van der Waals surface area contributed by atoms with Gasteiger partial charge in [-0.05, 0) is 32.2 Å². The first-order valence-corrected chi connectivity index (χ1v) is 7.48. The van der Waals surface area contributed by atoms with Gasteiger partial charge in [0.25, 0.3) is 0 Å². The van der Waals surface area contributed by atoms with E-state index in [1.165, 1.54) is 17.8 Å². The molecule has 1 aromatic rings. The van der Waals surface area contributed by atoms with Crippen LogP contribution in [0.15, 0.2) is 5.38 Å². The lowest BCUT2D eigenvalue weighted by Crippen LogP contribution is -2.41. The Kier molecular flexibility index (Phi) is 5.30. The Balaban J connectivity index is 1.78. The molecule has 0 unspecified atom stereocenters. The molecule has 2 rings (SSSR count). The van der Waals surface area contributed by atoms with E-state index in [9.17, 15) is 4.79 Å². The van der Waals surface area contributed by atoms with Gasteiger partial charge in [0.1, 0.15) is 0 Å². The van der Waals surface area contributed by atoms with Crippen LogP contribution in [0, 0.1) is 12.8 Å². The van der Waals surface area contributed by atoms with Gasteiger partial charge >= 0.3 is 0 Å². The highest BCUT2D eigenvalue weighted by Gasteiger charge is 2.21. The number of hydrogen-bond donors (Lipinski definition) is 1. The zero-order valence-corrected chi connectivity index (χ0v) is 12.3. The molecule has 19 heavy (non-hydrogen) atoms. The minimum absolute atomic E-state index is 0.0208. The number of nitrogens with zero attached hydrogens (tertiary/aromatic N) is 2. The van der Waals surface area contributed by atoms with Crippen molar-refractivity contribution in [2.24, 2.45) is 5.92 Å². The van der Waals surface area contributed by atoms with E-state index in [1.807, 2.05) is 12.3 Å². The summed E-state index contributed by atoms with van der Waals surface area (Å²) in [6, 6.07) is 0. The lowest BCUT2D eigenvalue weighted by Gasteiger charge is -2.31. The molecule has 0 aromatic carbocycles. The molecule has 1 aliphatic heterocycles. The van der Waals surface area contributed by atoms with E-state index in [0.29, 0.717) is 17.6 Å². The van der Waals surface area contributed by atoms with E-state index in [1.54, 1.807) is 7.11 Å². The van der Waals surface area contributed by atoms with Crippen LogP contribution in [0.1, 0.15) is 18.5 Å². The second kappa shape index (κ2) is 6.98. The molecule has 1 saturated heterocycles. The highest BCUT2D eigenvalue weighted by molar-refractivity contribution is 7.13. The Morgan fingerprint density at radius 2 is 2.53 bits per heavy atom. The lowest BCUT2D eigenvalue weighted by molar-refractivity contribution is -0.117. The van der Waals surface area contributed by atoms with Crippen molar-refractivity contribution in [1.82, 2.24) is 9.88 Å². The van der Waals surface area contributed by atoms with Gasteiger partial charge in [0.15, 0.2) is 5.13 Å². The smallest absolute Gasteiger partial charge is 0.240 e. The quantitative estimate of drug-likeness (QED) is 0.894. The number of hydrogen-bond acceptors (Lipinski definition) is 5. The van der Waals surface area contributed by atoms with E-state index in [2.05, 4.69) is 15.2 Å². The van der Waals surface area contributed by atoms with Gasteiger partial charge in [0, 0.05) is 19.0 Å². The topological polar surface area (TPSA) is 54.5 Å². The highest BCUT2D eigenvalue weighted by atomic mass is 32.1. The minimum Gasteiger partial charge on any atom is -0.384 e. The van der Waals surface area contributed by atoms with Crippen molar-refractivity contribution in [3.05, 3.63) is 11.1 Å². The standard InChI is InChI=1S/C13H21N3O2S/c1-10-9-19-13(14-10)15-12(17)7-16-5-3-4-11(6-16)8-18-2/h9,11H,3-8H2,1-2H3,(H,14,15,17)/t11-/m1/s1. The predicted molar refractivity (Wildman–Crippen MR) is 76.5 cm³/mol. The average Bonchev–Trinajstić information content (AvgIpc) is 2.75. The van der Waals surface area contributed by atoms with Crippen LogP contribution >= 0.6 is 11.3 Å². The predicted octanol–water partition coefficient (Wildman–Crippen LogP) is 1.75. The van der Waals surface area contributed by atoms with E-state index < -0.39 is 0 Å². The van der Waals surface area contributed by atoms with Crippen LogP contribution in [-0.4, -0.2) is 49.1 Å². The van der Waals surface area contributed by atoms with Crippen LogP contribution in [0.4, 0.5) is 5.13 Å². The number of likely N-dealkylation sites (tertiary alicyclic amines) is 1. The fraction of sp³-hybridized carbons (Fsp3) is 0.692. The zero-order chi connectivity index (χ0) is 13.7.